The molecular weight excluding hydrogens is 298 g/mol. The summed E-state index contributed by atoms with van der Waals surface area (Å²) in [4.78, 5) is 12.3. The third kappa shape index (κ3) is 2.75. The molecule has 1 aromatic carbocycles. The topological polar surface area (TPSA) is 78.0 Å². The number of aliphatic hydroxyl groups is 1. The van der Waals surface area contributed by atoms with Crippen molar-refractivity contribution >= 4 is 28.1 Å². The van der Waals surface area contributed by atoms with Crippen LogP contribution in [0.3, 0.4) is 0 Å². The first-order valence-electron chi connectivity index (χ1n) is 6.95. The molecule has 0 bridgehead atoms. The predicted octanol–water partition coefficient (Wildman–Crippen LogP) is 2.57. The van der Waals surface area contributed by atoms with Gasteiger partial charge in [-0.2, -0.15) is 16.4 Å². The number of aromatic nitrogens is 2. The van der Waals surface area contributed by atoms with Gasteiger partial charge in [0.25, 0.3) is 5.91 Å². The molecule has 22 heavy (non-hydrogen) atoms. The molecule has 114 valence electrons. The summed E-state index contributed by atoms with van der Waals surface area (Å²) >= 11 is 1.51. The number of fused-ring (bicyclic) bond motifs is 1. The average molecular weight is 315 g/mol. The molecule has 0 radical (unpaired) electrons. The number of nitrogens with one attached hydrogen (secondary N) is 2. The van der Waals surface area contributed by atoms with E-state index in [1.165, 1.54) is 11.3 Å². The Kier molecular flexibility index (Phi) is 3.72. The number of hydrogen-bond donors (Lipinski definition) is 3. The highest BCUT2D eigenvalue weighted by Crippen LogP contribution is 2.22. The summed E-state index contributed by atoms with van der Waals surface area (Å²) in [5.74, 6) is -0.299. The third-order valence-electron chi connectivity index (χ3n) is 3.67. The number of hydrogen-bond acceptors (Lipinski definition) is 4. The van der Waals surface area contributed by atoms with E-state index >= 15 is 0 Å². The number of aromatic amines is 1. The van der Waals surface area contributed by atoms with E-state index in [2.05, 4.69) is 15.5 Å². The first kappa shape index (κ1) is 14.7. The number of carbonyl (C=O) groups is 1. The Morgan fingerprint density at radius 2 is 2.27 bits per heavy atom. The van der Waals surface area contributed by atoms with E-state index in [4.69, 9.17) is 0 Å². The summed E-state index contributed by atoms with van der Waals surface area (Å²) in [6.45, 7) is 3.78. The molecule has 1 unspecified atom stereocenters. The summed E-state index contributed by atoms with van der Waals surface area (Å²) in [6, 6.07) is 7.63. The van der Waals surface area contributed by atoms with Gasteiger partial charge in [0.2, 0.25) is 0 Å². The predicted molar refractivity (Wildman–Crippen MR) is 87.1 cm³/mol. The zero-order valence-electron chi connectivity index (χ0n) is 12.4. The monoisotopic (exact) mass is 315 g/mol. The number of aryl methyl sites for hydroxylation is 1. The molecule has 0 aliphatic carbocycles. The fourth-order valence-electron chi connectivity index (χ4n) is 2.31. The molecule has 0 aliphatic heterocycles. The average Bonchev–Trinajstić information content (AvgIpc) is 3.14. The maximum absolute atomic E-state index is 12.3. The van der Waals surface area contributed by atoms with Crippen LogP contribution >= 0.6 is 11.3 Å². The van der Waals surface area contributed by atoms with Crippen LogP contribution < -0.4 is 5.32 Å². The molecule has 0 saturated carbocycles. The van der Waals surface area contributed by atoms with Gasteiger partial charge in [-0.1, -0.05) is 11.6 Å². The van der Waals surface area contributed by atoms with E-state index in [-0.39, 0.29) is 12.5 Å². The quantitative estimate of drug-likeness (QED) is 0.692. The molecule has 5 nitrogen and oxygen atoms in total. The molecule has 6 heteroatoms. The highest BCUT2D eigenvalue weighted by atomic mass is 32.1. The fraction of sp³-hybridized carbons (Fsp3) is 0.250. The van der Waals surface area contributed by atoms with E-state index in [9.17, 15) is 9.90 Å². The second-order valence-electron chi connectivity index (χ2n) is 5.59. The number of nitrogens with zero attached hydrogens (tertiary/aromatic N) is 1. The van der Waals surface area contributed by atoms with Crippen LogP contribution in [0.4, 0.5) is 0 Å². The molecule has 1 atom stereocenters. The summed E-state index contributed by atoms with van der Waals surface area (Å²) < 4.78 is 0. The first-order chi connectivity index (χ1) is 10.5. The van der Waals surface area contributed by atoms with E-state index in [0.29, 0.717) is 5.69 Å². The smallest absolute Gasteiger partial charge is 0.272 e. The maximum atomic E-state index is 12.3. The molecule has 0 saturated heterocycles. The molecule has 0 fully saturated rings. The summed E-state index contributed by atoms with van der Waals surface area (Å²) in [6.07, 6.45) is 0. The van der Waals surface area contributed by atoms with Crippen molar-refractivity contribution in [2.75, 3.05) is 6.54 Å². The maximum Gasteiger partial charge on any atom is 0.272 e. The minimum absolute atomic E-state index is 0.128. The van der Waals surface area contributed by atoms with Crippen molar-refractivity contribution < 1.29 is 9.90 Å². The van der Waals surface area contributed by atoms with Gasteiger partial charge in [0, 0.05) is 5.39 Å². The number of thiophene rings is 1. The molecule has 2 heterocycles. The van der Waals surface area contributed by atoms with Crippen molar-refractivity contribution in [1.29, 1.82) is 0 Å². The van der Waals surface area contributed by atoms with E-state index in [1.54, 1.807) is 6.92 Å². The van der Waals surface area contributed by atoms with E-state index < -0.39 is 5.60 Å². The van der Waals surface area contributed by atoms with Crippen LogP contribution in [0.2, 0.25) is 0 Å². The second-order valence-corrected chi connectivity index (χ2v) is 6.37. The lowest BCUT2D eigenvalue weighted by Crippen LogP contribution is -2.38. The molecule has 0 spiro atoms. The molecular formula is C16H17N3O2S. The highest BCUT2D eigenvalue weighted by molar-refractivity contribution is 7.08. The first-order valence-corrected chi connectivity index (χ1v) is 7.89. The Morgan fingerprint density at radius 3 is 3.00 bits per heavy atom. The van der Waals surface area contributed by atoms with Crippen molar-refractivity contribution in [2.24, 2.45) is 0 Å². The van der Waals surface area contributed by atoms with Gasteiger partial charge in [-0.3, -0.25) is 9.89 Å². The van der Waals surface area contributed by atoms with Crippen molar-refractivity contribution in [3.8, 4) is 0 Å². The third-order valence-corrected chi connectivity index (χ3v) is 4.35. The lowest BCUT2D eigenvalue weighted by Gasteiger charge is -2.22. The Balaban J connectivity index is 1.78. The minimum Gasteiger partial charge on any atom is -0.384 e. The van der Waals surface area contributed by atoms with Gasteiger partial charge in [-0.15, -0.1) is 0 Å². The highest BCUT2D eigenvalue weighted by Gasteiger charge is 2.25. The SMILES string of the molecule is Cc1ccc2[nH]nc(C(=O)NCC(C)(O)c3ccsc3)c2c1. The van der Waals surface area contributed by atoms with Crippen LogP contribution in [0, 0.1) is 6.92 Å². The number of rotatable bonds is 4. The van der Waals surface area contributed by atoms with Crippen LogP contribution in [-0.4, -0.2) is 27.8 Å². The van der Waals surface area contributed by atoms with Crippen LogP contribution in [0.5, 0.6) is 0 Å². The Labute approximate surface area is 132 Å². The molecule has 3 N–H and O–H groups in total. The lowest BCUT2D eigenvalue weighted by molar-refractivity contribution is 0.0529. The molecule has 0 aliphatic rings. The van der Waals surface area contributed by atoms with E-state index in [0.717, 1.165) is 22.0 Å². The normalized spacial score (nSPS) is 14.0. The van der Waals surface area contributed by atoms with Crippen molar-refractivity contribution in [2.45, 2.75) is 19.4 Å². The van der Waals surface area contributed by atoms with Gasteiger partial charge < -0.3 is 10.4 Å². The number of benzene rings is 1. The minimum atomic E-state index is -1.10. The van der Waals surface area contributed by atoms with Crippen LogP contribution in [0.1, 0.15) is 28.5 Å². The van der Waals surface area contributed by atoms with Crippen molar-refractivity contribution in [3.05, 3.63) is 51.8 Å². The summed E-state index contributed by atoms with van der Waals surface area (Å²) in [7, 11) is 0. The van der Waals surface area contributed by atoms with Gasteiger partial charge in [0.05, 0.1) is 12.1 Å². The van der Waals surface area contributed by atoms with Gasteiger partial charge in [0.1, 0.15) is 5.60 Å². The van der Waals surface area contributed by atoms with E-state index in [1.807, 2.05) is 41.9 Å². The van der Waals surface area contributed by atoms with Gasteiger partial charge >= 0.3 is 0 Å². The summed E-state index contributed by atoms with van der Waals surface area (Å²) in [5, 5.41) is 24.7. The zero-order chi connectivity index (χ0) is 15.7. The Hall–Kier alpha value is -2.18. The number of carbonyl (C=O) groups excluding carboxylic acids is 1. The Bertz CT molecular complexity index is 806. The molecule has 3 aromatic rings. The Morgan fingerprint density at radius 1 is 1.45 bits per heavy atom. The van der Waals surface area contributed by atoms with Crippen LogP contribution in [0.15, 0.2) is 35.0 Å². The van der Waals surface area contributed by atoms with Crippen molar-refractivity contribution in [1.82, 2.24) is 15.5 Å². The zero-order valence-corrected chi connectivity index (χ0v) is 13.2. The molecule has 1 amide bonds. The standard InChI is InChI=1S/C16H17N3O2S/c1-10-3-4-13-12(7-10)14(19-18-13)15(20)17-9-16(2,21)11-5-6-22-8-11/h3-8,21H,9H2,1-2H3,(H,17,20)(H,18,19). The van der Waals surface area contributed by atoms with Gasteiger partial charge in [-0.25, -0.2) is 0 Å². The largest absolute Gasteiger partial charge is 0.384 e. The number of amides is 1. The van der Waals surface area contributed by atoms with Gasteiger partial charge in [0.15, 0.2) is 5.69 Å². The van der Waals surface area contributed by atoms with Crippen LogP contribution in [-0.2, 0) is 5.60 Å². The molecule has 3 rings (SSSR count). The number of H-pyrrole nitrogens is 1. The fourth-order valence-corrected chi connectivity index (χ4v) is 3.09. The van der Waals surface area contributed by atoms with Crippen molar-refractivity contribution in [3.63, 3.8) is 0 Å². The molecule has 2 aromatic heterocycles. The lowest BCUT2D eigenvalue weighted by atomic mass is 9.99. The second kappa shape index (κ2) is 5.55. The summed E-state index contributed by atoms with van der Waals surface area (Å²) in [5.41, 5.74) is 1.92. The van der Waals surface area contributed by atoms with Gasteiger partial charge in [-0.05, 0) is 48.4 Å². The van der Waals surface area contributed by atoms with Crippen LogP contribution in [0.25, 0.3) is 10.9 Å².